The van der Waals surface area contributed by atoms with E-state index in [4.69, 9.17) is 0 Å². The number of hydrogen-bond acceptors (Lipinski definition) is 5. The topological polar surface area (TPSA) is 93.0 Å². The predicted octanol–water partition coefficient (Wildman–Crippen LogP) is 2.47. The molecule has 2 rings (SSSR count). The molecule has 0 unspecified atom stereocenters. The third-order valence-electron chi connectivity index (χ3n) is 2.84. The third kappa shape index (κ3) is 3.10. The Morgan fingerprint density at radius 2 is 1.90 bits per heavy atom. The summed E-state index contributed by atoms with van der Waals surface area (Å²) in [5.74, 6) is -1.33. The second kappa shape index (κ2) is 5.40. The number of carbonyl (C=O) groups is 2. The van der Waals surface area contributed by atoms with Crippen molar-refractivity contribution in [1.29, 1.82) is 0 Å². The van der Waals surface area contributed by atoms with Crippen molar-refractivity contribution in [2.75, 3.05) is 0 Å². The minimum absolute atomic E-state index is 0.0163. The first kappa shape index (κ1) is 14.8. The number of pyridine rings is 1. The molecule has 0 aliphatic heterocycles. The predicted molar refractivity (Wildman–Crippen MR) is 76.0 cm³/mol. The van der Waals surface area contributed by atoms with Crippen LogP contribution in [0.2, 0.25) is 0 Å². The number of rotatable bonds is 3. The van der Waals surface area contributed by atoms with E-state index >= 15 is 0 Å². The van der Waals surface area contributed by atoms with Crippen LogP contribution < -0.4 is 0 Å². The molecule has 0 amide bonds. The van der Waals surface area contributed by atoms with Crippen molar-refractivity contribution in [2.24, 2.45) is 5.41 Å². The summed E-state index contributed by atoms with van der Waals surface area (Å²) < 4.78 is 0. The smallest absolute Gasteiger partial charge is 0.355 e. The molecule has 21 heavy (non-hydrogen) atoms. The maximum Gasteiger partial charge on any atom is 0.355 e. The molecule has 0 bridgehead atoms. The Balaban J connectivity index is 2.56. The van der Waals surface area contributed by atoms with Crippen LogP contribution in [-0.4, -0.2) is 31.8 Å². The highest BCUT2D eigenvalue weighted by molar-refractivity contribution is 6.06. The Labute approximate surface area is 121 Å². The zero-order chi connectivity index (χ0) is 15.6. The van der Waals surface area contributed by atoms with E-state index in [1.807, 2.05) is 0 Å². The zero-order valence-corrected chi connectivity index (χ0v) is 12.0. The van der Waals surface area contributed by atoms with Gasteiger partial charge in [-0.1, -0.05) is 20.8 Å². The summed E-state index contributed by atoms with van der Waals surface area (Å²) in [5, 5.41) is 9.29. The third-order valence-corrected chi connectivity index (χ3v) is 2.84. The van der Waals surface area contributed by atoms with E-state index in [9.17, 15) is 14.7 Å². The molecule has 1 N–H and O–H groups in total. The van der Waals surface area contributed by atoms with E-state index < -0.39 is 11.4 Å². The summed E-state index contributed by atoms with van der Waals surface area (Å²) in [4.78, 5) is 35.7. The van der Waals surface area contributed by atoms with Crippen LogP contribution in [0.4, 0.5) is 0 Å². The van der Waals surface area contributed by atoms with Crippen molar-refractivity contribution in [3.63, 3.8) is 0 Å². The average Bonchev–Trinajstić information content (AvgIpc) is 2.45. The summed E-state index contributed by atoms with van der Waals surface area (Å²) in [6.07, 6.45) is 4.40. The average molecular weight is 285 g/mol. The van der Waals surface area contributed by atoms with E-state index in [0.717, 1.165) is 0 Å². The first-order valence-corrected chi connectivity index (χ1v) is 6.36. The van der Waals surface area contributed by atoms with Crippen LogP contribution >= 0.6 is 0 Å². The lowest BCUT2D eigenvalue weighted by atomic mass is 9.86. The lowest BCUT2D eigenvalue weighted by Gasteiger charge is -2.17. The molecule has 0 atom stereocenters. The summed E-state index contributed by atoms with van der Waals surface area (Å²) in [6, 6.07) is 3.42. The van der Waals surface area contributed by atoms with Gasteiger partial charge >= 0.3 is 5.97 Å². The fourth-order valence-corrected chi connectivity index (χ4v) is 1.75. The van der Waals surface area contributed by atoms with Gasteiger partial charge in [-0.3, -0.25) is 9.78 Å². The number of carbonyl (C=O) groups excluding carboxylic acids is 1. The molecule has 6 nitrogen and oxygen atoms in total. The van der Waals surface area contributed by atoms with Gasteiger partial charge in [-0.2, -0.15) is 0 Å². The van der Waals surface area contributed by atoms with Gasteiger partial charge in [-0.25, -0.2) is 14.8 Å². The lowest BCUT2D eigenvalue weighted by Crippen LogP contribution is -2.24. The molecule has 2 aromatic heterocycles. The zero-order valence-electron chi connectivity index (χ0n) is 12.0. The number of nitrogens with zero attached hydrogens (tertiary/aromatic N) is 3. The Morgan fingerprint density at radius 3 is 2.43 bits per heavy atom. The van der Waals surface area contributed by atoms with Crippen molar-refractivity contribution in [2.45, 2.75) is 20.8 Å². The fourth-order valence-electron chi connectivity index (χ4n) is 1.75. The van der Waals surface area contributed by atoms with Crippen LogP contribution in [0.15, 0.2) is 30.7 Å². The molecule has 0 saturated carbocycles. The number of aromatic nitrogens is 3. The van der Waals surface area contributed by atoms with Crippen molar-refractivity contribution >= 4 is 11.8 Å². The molecule has 0 radical (unpaired) electrons. The van der Waals surface area contributed by atoms with Crippen molar-refractivity contribution < 1.29 is 14.7 Å². The van der Waals surface area contributed by atoms with Gasteiger partial charge in [0.15, 0.2) is 17.3 Å². The van der Waals surface area contributed by atoms with Gasteiger partial charge in [0, 0.05) is 29.6 Å². The number of ketones is 1. The molecule has 0 spiro atoms. The number of carboxylic acids is 1. The standard InChI is InChI=1S/C15H15N3O3/c1-15(2,3)12(19)10-8-17-13(18-11(10)14(20)21)9-5-4-6-16-7-9/h4-8H,1-3H3,(H,20,21). The Morgan fingerprint density at radius 1 is 1.19 bits per heavy atom. The van der Waals surface area contributed by atoms with Gasteiger partial charge in [-0.15, -0.1) is 0 Å². The Kier molecular flexibility index (Phi) is 3.80. The highest BCUT2D eigenvalue weighted by atomic mass is 16.4. The molecular weight excluding hydrogens is 270 g/mol. The van der Waals surface area contributed by atoms with Crippen LogP contribution in [0.3, 0.4) is 0 Å². The molecule has 0 aliphatic carbocycles. The van der Waals surface area contributed by atoms with Crippen LogP contribution in [0.5, 0.6) is 0 Å². The van der Waals surface area contributed by atoms with Crippen LogP contribution in [0.25, 0.3) is 11.4 Å². The van der Waals surface area contributed by atoms with Crippen molar-refractivity contribution in [3.8, 4) is 11.4 Å². The van der Waals surface area contributed by atoms with E-state index in [1.165, 1.54) is 12.4 Å². The van der Waals surface area contributed by atoms with Crippen molar-refractivity contribution in [1.82, 2.24) is 15.0 Å². The van der Waals surface area contributed by atoms with Gasteiger partial charge in [-0.05, 0) is 12.1 Å². The Hall–Kier alpha value is -2.63. The minimum atomic E-state index is -1.25. The first-order valence-electron chi connectivity index (χ1n) is 6.36. The Bertz CT molecular complexity index is 691. The maximum atomic E-state index is 12.3. The van der Waals surface area contributed by atoms with Gasteiger partial charge in [0.05, 0.1) is 5.56 Å². The SMILES string of the molecule is CC(C)(C)C(=O)c1cnc(-c2cccnc2)nc1C(=O)O. The van der Waals surface area contributed by atoms with Gasteiger partial charge in [0.1, 0.15) is 0 Å². The van der Waals surface area contributed by atoms with E-state index in [-0.39, 0.29) is 22.9 Å². The lowest BCUT2D eigenvalue weighted by molar-refractivity contribution is 0.0680. The maximum absolute atomic E-state index is 12.3. The molecule has 0 aromatic carbocycles. The molecule has 6 heteroatoms. The fraction of sp³-hybridized carbons (Fsp3) is 0.267. The monoisotopic (exact) mass is 285 g/mol. The van der Waals surface area contributed by atoms with Gasteiger partial charge in [0.2, 0.25) is 0 Å². The second-order valence-corrected chi connectivity index (χ2v) is 5.58. The molecule has 2 heterocycles. The summed E-state index contributed by atoms with van der Waals surface area (Å²) in [6.45, 7) is 5.15. The molecule has 0 fully saturated rings. The first-order chi connectivity index (χ1) is 9.80. The normalized spacial score (nSPS) is 11.2. The number of carboxylic acid groups (broad SMARTS) is 1. The quantitative estimate of drug-likeness (QED) is 0.871. The second-order valence-electron chi connectivity index (χ2n) is 5.58. The number of Topliss-reactive ketones (excluding diaryl/α,β-unsaturated/α-hetero) is 1. The summed E-state index contributed by atoms with van der Waals surface area (Å²) in [7, 11) is 0. The summed E-state index contributed by atoms with van der Waals surface area (Å²) >= 11 is 0. The molecular formula is C15H15N3O3. The largest absolute Gasteiger partial charge is 0.476 e. The molecule has 0 aliphatic rings. The summed E-state index contributed by atoms with van der Waals surface area (Å²) in [5.41, 5.74) is -0.384. The number of hydrogen-bond donors (Lipinski definition) is 1. The van der Waals surface area contributed by atoms with Gasteiger partial charge < -0.3 is 5.11 Å². The molecule has 0 saturated heterocycles. The molecule has 2 aromatic rings. The van der Waals surface area contributed by atoms with Crippen LogP contribution in [0.1, 0.15) is 41.6 Å². The van der Waals surface area contributed by atoms with E-state index in [2.05, 4.69) is 15.0 Å². The highest BCUT2D eigenvalue weighted by Gasteiger charge is 2.28. The van der Waals surface area contributed by atoms with E-state index in [0.29, 0.717) is 5.56 Å². The minimum Gasteiger partial charge on any atom is -0.476 e. The highest BCUT2D eigenvalue weighted by Crippen LogP contribution is 2.23. The number of aromatic carboxylic acids is 1. The van der Waals surface area contributed by atoms with Crippen molar-refractivity contribution in [3.05, 3.63) is 42.0 Å². The molecule has 108 valence electrons. The van der Waals surface area contributed by atoms with Crippen LogP contribution in [0, 0.1) is 5.41 Å². The van der Waals surface area contributed by atoms with Crippen LogP contribution in [-0.2, 0) is 0 Å². The van der Waals surface area contributed by atoms with Gasteiger partial charge in [0.25, 0.3) is 0 Å². The van der Waals surface area contributed by atoms with E-state index in [1.54, 1.807) is 39.1 Å².